The first-order chi connectivity index (χ1) is 25.3. The maximum absolute atomic E-state index is 6.29. The Morgan fingerprint density at radius 1 is 0.392 bits per heavy atom. The van der Waals surface area contributed by atoms with E-state index in [0.29, 0.717) is 0 Å². The number of fused-ring (bicyclic) bond motifs is 6. The fourth-order valence-corrected chi connectivity index (χ4v) is 7.76. The maximum Gasteiger partial charge on any atom is 0.136 e. The van der Waals surface area contributed by atoms with Gasteiger partial charge in [0.05, 0.1) is 16.7 Å². The van der Waals surface area contributed by atoms with Crippen molar-refractivity contribution in [2.75, 3.05) is 4.90 Å². The predicted octanol–water partition coefficient (Wildman–Crippen LogP) is 13.5. The molecule has 0 fully saturated rings. The third kappa shape index (κ3) is 4.82. The van der Waals surface area contributed by atoms with Crippen molar-refractivity contribution >= 4 is 60.8 Å². The van der Waals surface area contributed by atoms with Crippen LogP contribution >= 0.6 is 0 Å². The van der Waals surface area contributed by atoms with Crippen molar-refractivity contribution < 1.29 is 4.42 Å². The van der Waals surface area contributed by atoms with Gasteiger partial charge in [-0.15, -0.1) is 0 Å². The molecule has 0 unspecified atom stereocenters. The Morgan fingerprint density at radius 2 is 0.961 bits per heavy atom. The van der Waals surface area contributed by atoms with Gasteiger partial charge in [-0.2, -0.15) is 0 Å². The number of aromatic nitrogens is 1. The molecule has 2 aromatic heterocycles. The smallest absolute Gasteiger partial charge is 0.136 e. The van der Waals surface area contributed by atoms with Crippen LogP contribution in [0.15, 0.2) is 199 Å². The van der Waals surface area contributed by atoms with Gasteiger partial charge in [0, 0.05) is 44.2 Å². The van der Waals surface area contributed by atoms with Gasteiger partial charge in [0.25, 0.3) is 0 Å². The lowest BCUT2D eigenvalue weighted by atomic mass is 9.98. The molecule has 8 aromatic carbocycles. The minimum Gasteiger partial charge on any atom is -0.456 e. The highest BCUT2D eigenvalue weighted by Gasteiger charge is 2.20. The minimum atomic E-state index is 0.893. The van der Waals surface area contributed by atoms with Gasteiger partial charge in [-0.1, -0.05) is 133 Å². The molecule has 0 aliphatic heterocycles. The van der Waals surface area contributed by atoms with Crippen LogP contribution in [0.3, 0.4) is 0 Å². The quantitative estimate of drug-likeness (QED) is 0.178. The molecular formula is C48H32N2O. The summed E-state index contributed by atoms with van der Waals surface area (Å²) < 4.78 is 8.68. The van der Waals surface area contributed by atoms with Crippen LogP contribution < -0.4 is 4.90 Å². The van der Waals surface area contributed by atoms with E-state index in [0.717, 1.165) is 61.4 Å². The molecule has 0 amide bonds. The molecule has 3 heteroatoms. The van der Waals surface area contributed by atoms with Crippen LogP contribution in [-0.4, -0.2) is 4.57 Å². The fourth-order valence-electron chi connectivity index (χ4n) is 7.76. The summed E-state index contributed by atoms with van der Waals surface area (Å²) in [5.74, 6) is 0. The normalized spacial score (nSPS) is 11.5. The molecule has 10 rings (SSSR count). The summed E-state index contributed by atoms with van der Waals surface area (Å²) in [5, 5.41) is 4.75. The second-order valence-corrected chi connectivity index (χ2v) is 12.9. The van der Waals surface area contributed by atoms with Crippen molar-refractivity contribution in [3.8, 4) is 27.9 Å². The average Bonchev–Trinajstić information content (AvgIpc) is 3.75. The summed E-state index contributed by atoms with van der Waals surface area (Å²) in [5.41, 5.74) is 13.1. The molecule has 51 heavy (non-hydrogen) atoms. The molecule has 0 aliphatic rings. The lowest BCUT2D eigenvalue weighted by Gasteiger charge is -2.29. The Balaban J connectivity index is 1.21. The molecule has 10 aromatic rings. The van der Waals surface area contributed by atoms with E-state index in [4.69, 9.17) is 4.42 Å². The first kappa shape index (κ1) is 29.1. The number of anilines is 3. The van der Waals surface area contributed by atoms with Gasteiger partial charge < -0.3 is 13.9 Å². The monoisotopic (exact) mass is 652 g/mol. The zero-order chi connectivity index (χ0) is 33.7. The molecule has 0 saturated heterocycles. The third-order valence-electron chi connectivity index (χ3n) is 9.97. The van der Waals surface area contributed by atoms with Crippen LogP contribution in [-0.2, 0) is 0 Å². The second kappa shape index (κ2) is 11.9. The maximum atomic E-state index is 6.29. The average molecular weight is 653 g/mol. The van der Waals surface area contributed by atoms with Crippen LogP contribution in [0.4, 0.5) is 17.1 Å². The predicted molar refractivity (Wildman–Crippen MR) is 214 cm³/mol. The van der Waals surface area contributed by atoms with Crippen LogP contribution in [0.1, 0.15) is 0 Å². The summed E-state index contributed by atoms with van der Waals surface area (Å²) in [4.78, 5) is 2.40. The zero-order valence-corrected chi connectivity index (χ0v) is 27.8. The van der Waals surface area contributed by atoms with Crippen molar-refractivity contribution in [3.05, 3.63) is 194 Å². The molecule has 0 bridgehead atoms. The molecule has 0 saturated carbocycles. The van der Waals surface area contributed by atoms with Gasteiger partial charge in [-0.25, -0.2) is 0 Å². The van der Waals surface area contributed by atoms with Gasteiger partial charge in [0.1, 0.15) is 11.2 Å². The Labute approximate surface area is 295 Å². The molecule has 0 aliphatic carbocycles. The van der Waals surface area contributed by atoms with E-state index in [-0.39, 0.29) is 0 Å². The van der Waals surface area contributed by atoms with Gasteiger partial charge in [-0.3, -0.25) is 0 Å². The van der Waals surface area contributed by atoms with E-state index >= 15 is 0 Å². The molecule has 0 radical (unpaired) electrons. The molecule has 2 heterocycles. The van der Waals surface area contributed by atoms with Crippen LogP contribution in [0.25, 0.3) is 71.7 Å². The molecule has 0 atom stereocenters. The number of para-hydroxylation sites is 4. The van der Waals surface area contributed by atoms with E-state index < -0.39 is 0 Å². The Kier molecular flexibility index (Phi) is 6.81. The summed E-state index contributed by atoms with van der Waals surface area (Å²) in [7, 11) is 0. The lowest BCUT2D eigenvalue weighted by Crippen LogP contribution is -2.12. The lowest BCUT2D eigenvalue weighted by molar-refractivity contribution is 0.669. The van der Waals surface area contributed by atoms with Gasteiger partial charge in [0.2, 0.25) is 0 Å². The van der Waals surface area contributed by atoms with Crippen molar-refractivity contribution in [1.29, 1.82) is 0 Å². The Hall–Kier alpha value is -6.84. The number of benzene rings is 8. The van der Waals surface area contributed by atoms with E-state index in [9.17, 15) is 0 Å². The first-order valence-electron chi connectivity index (χ1n) is 17.4. The van der Waals surface area contributed by atoms with Crippen molar-refractivity contribution in [3.63, 3.8) is 0 Å². The number of furan rings is 1. The second-order valence-electron chi connectivity index (χ2n) is 12.9. The highest BCUT2D eigenvalue weighted by atomic mass is 16.3. The van der Waals surface area contributed by atoms with Crippen LogP contribution in [0.2, 0.25) is 0 Å². The van der Waals surface area contributed by atoms with Gasteiger partial charge in [-0.05, 0) is 77.4 Å². The fraction of sp³-hybridized carbons (Fsp3) is 0. The standard InChI is InChI=1S/C48H32N2O/c1-2-15-33(16-3-1)38-21-4-8-26-43(38)49(35-18-12-17-34(31-35)39-25-14-30-47-48(39)42-24-7-11-29-46(42)51-47)36-19-13-20-37(32-36)50-44-27-9-5-22-40(44)41-23-6-10-28-45(41)50/h1-32H. The number of hydrogen-bond acceptors (Lipinski definition) is 2. The number of hydrogen-bond donors (Lipinski definition) is 0. The molecule has 0 N–H and O–H groups in total. The van der Waals surface area contributed by atoms with E-state index in [2.05, 4.69) is 191 Å². The number of rotatable bonds is 6. The Bertz CT molecular complexity index is 2830. The SMILES string of the molecule is c1ccc(-c2ccccc2N(c2cccc(-c3cccc4oc5ccccc5c34)c2)c2cccc(-n3c4ccccc4c4ccccc43)c2)cc1. The summed E-state index contributed by atoms with van der Waals surface area (Å²) in [6, 6.07) is 69.2. The largest absolute Gasteiger partial charge is 0.456 e. The highest BCUT2D eigenvalue weighted by molar-refractivity contribution is 6.13. The first-order valence-corrected chi connectivity index (χ1v) is 17.4. The van der Waals surface area contributed by atoms with E-state index in [1.807, 2.05) is 12.1 Å². The number of nitrogens with zero attached hydrogens (tertiary/aromatic N) is 2. The molecule has 3 nitrogen and oxygen atoms in total. The minimum absolute atomic E-state index is 0.893. The van der Waals surface area contributed by atoms with Crippen LogP contribution in [0, 0.1) is 0 Å². The summed E-state index contributed by atoms with van der Waals surface area (Å²) in [6.07, 6.45) is 0. The van der Waals surface area contributed by atoms with Crippen molar-refractivity contribution in [2.24, 2.45) is 0 Å². The van der Waals surface area contributed by atoms with Crippen molar-refractivity contribution in [2.45, 2.75) is 0 Å². The highest BCUT2D eigenvalue weighted by Crippen LogP contribution is 2.44. The molecular weight excluding hydrogens is 621 g/mol. The zero-order valence-electron chi connectivity index (χ0n) is 27.8. The van der Waals surface area contributed by atoms with Crippen LogP contribution in [0.5, 0.6) is 0 Å². The molecule has 240 valence electrons. The summed E-state index contributed by atoms with van der Waals surface area (Å²) in [6.45, 7) is 0. The topological polar surface area (TPSA) is 21.3 Å². The van der Waals surface area contributed by atoms with E-state index in [1.54, 1.807) is 0 Å². The van der Waals surface area contributed by atoms with E-state index in [1.165, 1.54) is 27.4 Å². The van der Waals surface area contributed by atoms with Gasteiger partial charge in [0.15, 0.2) is 0 Å². The third-order valence-corrected chi connectivity index (χ3v) is 9.97. The van der Waals surface area contributed by atoms with Gasteiger partial charge >= 0.3 is 0 Å². The Morgan fingerprint density at radius 3 is 1.76 bits per heavy atom. The molecule has 0 spiro atoms. The summed E-state index contributed by atoms with van der Waals surface area (Å²) >= 11 is 0. The van der Waals surface area contributed by atoms with Crippen molar-refractivity contribution in [1.82, 2.24) is 4.57 Å².